The van der Waals surface area contributed by atoms with Crippen molar-refractivity contribution >= 4 is 103 Å². The Morgan fingerprint density at radius 3 is 2.02 bits per heavy atom. The Bertz CT molecular complexity index is 2470. The standard InChI is InChI=1S/C38H23ClN2S2/c39-24-15-19-36-32(21-24)37-30-18-16-28(23-33(30)41(38(37)43-36)26-11-5-2-6-12-26)40(25-9-3-1-4-10-25)27-17-20-35-31(22-27)29-13-7-8-14-34(29)42-35/h1-23H. The molecule has 3 heterocycles. The van der Waals surface area contributed by atoms with Gasteiger partial charge in [0.2, 0.25) is 0 Å². The van der Waals surface area contributed by atoms with Gasteiger partial charge in [-0.15, -0.1) is 22.7 Å². The summed E-state index contributed by atoms with van der Waals surface area (Å²) in [5.74, 6) is 0. The highest BCUT2D eigenvalue weighted by Crippen LogP contribution is 2.46. The second-order valence-corrected chi connectivity index (χ2v) is 13.3. The minimum Gasteiger partial charge on any atom is -0.310 e. The molecule has 43 heavy (non-hydrogen) atoms. The van der Waals surface area contributed by atoms with Crippen LogP contribution in [0.15, 0.2) is 140 Å². The van der Waals surface area contributed by atoms with Gasteiger partial charge < -0.3 is 9.47 Å². The van der Waals surface area contributed by atoms with Crippen molar-refractivity contribution in [2.45, 2.75) is 0 Å². The summed E-state index contributed by atoms with van der Waals surface area (Å²) < 4.78 is 6.27. The fourth-order valence-corrected chi connectivity index (χ4v) is 8.84. The van der Waals surface area contributed by atoms with E-state index in [1.807, 2.05) is 28.7 Å². The molecule has 0 atom stereocenters. The lowest BCUT2D eigenvalue weighted by Crippen LogP contribution is -2.09. The van der Waals surface area contributed by atoms with E-state index in [4.69, 9.17) is 11.6 Å². The van der Waals surface area contributed by atoms with E-state index in [9.17, 15) is 0 Å². The maximum atomic E-state index is 6.51. The van der Waals surface area contributed by atoms with Gasteiger partial charge in [-0.05, 0) is 78.9 Å². The van der Waals surface area contributed by atoms with Gasteiger partial charge in [0, 0.05) is 68.8 Å². The van der Waals surface area contributed by atoms with Crippen molar-refractivity contribution in [3.8, 4) is 5.69 Å². The fraction of sp³-hybridized carbons (Fsp3) is 0. The van der Waals surface area contributed by atoms with Crippen LogP contribution >= 0.6 is 34.3 Å². The van der Waals surface area contributed by atoms with E-state index in [1.165, 1.54) is 51.4 Å². The summed E-state index contributed by atoms with van der Waals surface area (Å²) in [7, 11) is 0. The van der Waals surface area contributed by atoms with Crippen LogP contribution in [0.5, 0.6) is 0 Å². The Morgan fingerprint density at radius 2 is 1.16 bits per heavy atom. The lowest BCUT2D eigenvalue weighted by molar-refractivity contribution is 1.19. The summed E-state index contributed by atoms with van der Waals surface area (Å²) in [6, 6.07) is 50.0. The minimum absolute atomic E-state index is 0.760. The second kappa shape index (κ2) is 9.72. The zero-order chi connectivity index (χ0) is 28.5. The van der Waals surface area contributed by atoms with Gasteiger partial charge in [-0.1, -0.05) is 72.3 Å². The number of aromatic nitrogens is 1. The van der Waals surface area contributed by atoms with Gasteiger partial charge in [0.25, 0.3) is 0 Å². The van der Waals surface area contributed by atoms with Gasteiger partial charge in [-0.2, -0.15) is 0 Å². The van der Waals surface area contributed by atoms with Crippen LogP contribution in [0.3, 0.4) is 0 Å². The molecular weight excluding hydrogens is 584 g/mol. The maximum Gasteiger partial charge on any atom is 0.109 e. The average Bonchev–Trinajstić information content (AvgIpc) is 3.70. The zero-order valence-corrected chi connectivity index (χ0v) is 25.3. The van der Waals surface area contributed by atoms with Crippen molar-refractivity contribution in [1.82, 2.24) is 4.57 Å². The molecule has 0 unspecified atom stereocenters. The number of hydrogen-bond donors (Lipinski definition) is 0. The minimum atomic E-state index is 0.760. The number of thiophene rings is 2. The Morgan fingerprint density at radius 1 is 0.488 bits per heavy atom. The first kappa shape index (κ1) is 24.9. The molecule has 2 nitrogen and oxygen atoms in total. The number of para-hydroxylation sites is 2. The third-order valence-electron chi connectivity index (χ3n) is 8.23. The number of fused-ring (bicyclic) bond motifs is 8. The number of rotatable bonds is 4. The van der Waals surface area contributed by atoms with Crippen molar-refractivity contribution in [2.75, 3.05) is 4.90 Å². The van der Waals surface area contributed by atoms with Crippen LogP contribution in [0, 0.1) is 0 Å². The normalized spacial score (nSPS) is 11.8. The van der Waals surface area contributed by atoms with E-state index >= 15 is 0 Å². The van der Waals surface area contributed by atoms with Crippen LogP contribution in [0.2, 0.25) is 5.02 Å². The van der Waals surface area contributed by atoms with Crippen LogP contribution in [0.4, 0.5) is 17.1 Å². The first-order chi connectivity index (χ1) is 21.2. The first-order valence-electron chi connectivity index (χ1n) is 14.2. The van der Waals surface area contributed by atoms with E-state index in [0.717, 1.165) is 27.8 Å². The molecule has 0 radical (unpaired) electrons. The number of benzene rings is 6. The van der Waals surface area contributed by atoms with Gasteiger partial charge in [-0.3, -0.25) is 0 Å². The number of nitrogens with zero attached hydrogens (tertiary/aromatic N) is 2. The summed E-state index contributed by atoms with van der Waals surface area (Å²) in [5, 5.41) is 7.03. The van der Waals surface area contributed by atoms with Crippen LogP contribution in [0.1, 0.15) is 0 Å². The molecule has 0 amide bonds. The summed E-state index contributed by atoms with van der Waals surface area (Å²) in [4.78, 5) is 3.60. The van der Waals surface area contributed by atoms with E-state index in [0.29, 0.717) is 0 Å². The first-order valence-corrected chi connectivity index (χ1v) is 16.2. The van der Waals surface area contributed by atoms with E-state index in [-0.39, 0.29) is 0 Å². The molecule has 9 aromatic rings. The highest BCUT2D eigenvalue weighted by atomic mass is 35.5. The van der Waals surface area contributed by atoms with E-state index in [1.54, 1.807) is 0 Å². The fourth-order valence-electron chi connectivity index (χ4n) is 6.35. The second-order valence-electron chi connectivity index (χ2n) is 10.7. The smallest absolute Gasteiger partial charge is 0.109 e. The lowest BCUT2D eigenvalue weighted by atomic mass is 10.1. The highest BCUT2D eigenvalue weighted by Gasteiger charge is 2.21. The molecule has 0 spiro atoms. The third-order valence-corrected chi connectivity index (χ3v) is 10.8. The van der Waals surface area contributed by atoms with Gasteiger partial charge in [-0.25, -0.2) is 0 Å². The molecule has 6 aromatic carbocycles. The molecule has 0 aliphatic carbocycles. The van der Waals surface area contributed by atoms with E-state index in [2.05, 4.69) is 143 Å². The average molecular weight is 607 g/mol. The Kier molecular flexibility index (Phi) is 5.63. The summed E-state index contributed by atoms with van der Waals surface area (Å²) in [6.45, 7) is 0. The van der Waals surface area contributed by atoms with Crippen LogP contribution in [0.25, 0.3) is 57.1 Å². The van der Waals surface area contributed by atoms with Crippen LogP contribution < -0.4 is 4.90 Å². The van der Waals surface area contributed by atoms with Gasteiger partial charge in [0.1, 0.15) is 4.83 Å². The molecule has 9 rings (SSSR count). The molecule has 0 saturated carbocycles. The number of halogens is 1. The molecule has 0 bridgehead atoms. The zero-order valence-electron chi connectivity index (χ0n) is 22.9. The van der Waals surface area contributed by atoms with Crippen molar-refractivity contribution in [3.05, 3.63) is 145 Å². The Labute approximate surface area is 261 Å². The maximum absolute atomic E-state index is 6.51. The summed E-state index contributed by atoms with van der Waals surface area (Å²) in [5.41, 5.74) is 5.70. The van der Waals surface area contributed by atoms with Gasteiger partial charge in [0.15, 0.2) is 0 Å². The molecular formula is C38H23ClN2S2. The van der Waals surface area contributed by atoms with Crippen molar-refractivity contribution < 1.29 is 0 Å². The predicted molar refractivity (Wildman–Crippen MR) is 189 cm³/mol. The third kappa shape index (κ3) is 3.91. The van der Waals surface area contributed by atoms with Crippen LogP contribution in [-0.4, -0.2) is 4.57 Å². The molecule has 0 fully saturated rings. The molecule has 0 N–H and O–H groups in total. The summed E-state index contributed by atoms with van der Waals surface area (Å²) >= 11 is 10.2. The SMILES string of the molecule is Clc1ccc2sc3c(c2c1)c1ccc(N(c2ccccc2)c2ccc4sc5ccccc5c4c2)cc1n3-c1ccccc1. The van der Waals surface area contributed by atoms with Crippen LogP contribution in [-0.2, 0) is 0 Å². The largest absolute Gasteiger partial charge is 0.310 e. The molecule has 204 valence electrons. The number of anilines is 3. The van der Waals surface area contributed by atoms with Crippen molar-refractivity contribution in [1.29, 1.82) is 0 Å². The lowest BCUT2D eigenvalue weighted by Gasteiger charge is -2.26. The quantitative estimate of drug-likeness (QED) is 0.193. The molecule has 0 saturated heterocycles. The molecule has 0 aliphatic rings. The Balaban J connectivity index is 1.33. The van der Waals surface area contributed by atoms with Gasteiger partial charge in [0.05, 0.1) is 5.52 Å². The molecule has 0 aliphatic heterocycles. The monoisotopic (exact) mass is 606 g/mol. The van der Waals surface area contributed by atoms with Crippen molar-refractivity contribution in [2.24, 2.45) is 0 Å². The molecule has 3 aromatic heterocycles. The number of hydrogen-bond acceptors (Lipinski definition) is 3. The Hall–Kier alpha value is -4.61. The highest BCUT2D eigenvalue weighted by molar-refractivity contribution is 7.26. The van der Waals surface area contributed by atoms with E-state index < -0.39 is 0 Å². The predicted octanol–water partition coefficient (Wildman–Crippen LogP) is 12.5. The summed E-state index contributed by atoms with van der Waals surface area (Å²) in [6.07, 6.45) is 0. The van der Waals surface area contributed by atoms with Crippen molar-refractivity contribution in [3.63, 3.8) is 0 Å². The molecule has 5 heteroatoms. The topological polar surface area (TPSA) is 8.17 Å². The van der Waals surface area contributed by atoms with Gasteiger partial charge >= 0.3 is 0 Å².